The fourth-order valence-corrected chi connectivity index (χ4v) is 4.27. The maximum absolute atomic E-state index is 12.9. The first-order valence-electron chi connectivity index (χ1n) is 11.2. The predicted molar refractivity (Wildman–Crippen MR) is 143 cm³/mol. The van der Waals surface area contributed by atoms with Gasteiger partial charge in [-0.25, -0.2) is 0 Å². The Bertz CT molecular complexity index is 1640. The number of nitrogens with one attached hydrogen (secondary N) is 2. The second kappa shape index (κ2) is 12.4. The first kappa shape index (κ1) is 29.1. The Morgan fingerprint density at radius 3 is 2.17 bits per heavy atom. The van der Waals surface area contributed by atoms with E-state index in [0.717, 1.165) is 6.07 Å². The molecular formula is C26H22N4O9S. The second-order valence-electron chi connectivity index (χ2n) is 7.92. The number of non-ortho nitro benzene ring substituents is 1. The standard InChI is InChI=1S/C26H22N4O9S/c1-16(31)28-19-5-8-21(9-6-19)40(35,36)39-25-13-17(4-10-24(25)38-3)12-18(15-27)26(32)29-22-14-20(30(33)34)7-11-23(22)37-2/h4-14H,1-3H3,(H,28,31)(H,29,32)/b18-12+. The number of nitriles is 1. The fraction of sp³-hybridized carbons (Fsp3) is 0.115. The van der Waals surface area contributed by atoms with E-state index in [1.54, 1.807) is 6.07 Å². The van der Waals surface area contributed by atoms with Crippen LogP contribution in [-0.4, -0.2) is 39.4 Å². The average molecular weight is 567 g/mol. The van der Waals surface area contributed by atoms with Gasteiger partial charge in [0.2, 0.25) is 5.91 Å². The molecular weight excluding hydrogens is 544 g/mol. The van der Waals surface area contributed by atoms with E-state index >= 15 is 0 Å². The van der Waals surface area contributed by atoms with Crippen LogP contribution in [0.3, 0.4) is 0 Å². The van der Waals surface area contributed by atoms with Gasteiger partial charge in [-0.15, -0.1) is 0 Å². The summed E-state index contributed by atoms with van der Waals surface area (Å²) in [6.07, 6.45) is 1.17. The Morgan fingerprint density at radius 2 is 1.60 bits per heavy atom. The van der Waals surface area contributed by atoms with Crippen molar-refractivity contribution < 1.29 is 36.6 Å². The van der Waals surface area contributed by atoms with Crippen LogP contribution < -0.4 is 24.3 Å². The third kappa shape index (κ3) is 7.11. The molecule has 40 heavy (non-hydrogen) atoms. The number of carbonyl (C=O) groups excluding carboxylic acids is 2. The molecule has 0 bridgehead atoms. The normalized spacial score (nSPS) is 11.1. The van der Waals surface area contributed by atoms with Crippen LogP contribution in [0.5, 0.6) is 17.2 Å². The van der Waals surface area contributed by atoms with Crippen LogP contribution in [-0.2, 0) is 19.7 Å². The highest BCUT2D eigenvalue weighted by molar-refractivity contribution is 7.87. The summed E-state index contributed by atoms with van der Waals surface area (Å²) in [7, 11) is -1.74. The lowest BCUT2D eigenvalue weighted by atomic mass is 10.1. The zero-order chi connectivity index (χ0) is 29.4. The van der Waals surface area contributed by atoms with Gasteiger partial charge < -0.3 is 24.3 Å². The molecule has 0 saturated carbocycles. The molecule has 0 spiro atoms. The smallest absolute Gasteiger partial charge is 0.339 e. The van der Waals surface area contributed by atoms with E-state index < -0.39 is 26.5 Å². The predicted octanol–water partition coefficient (Wildman–Crippen LogP) is 3.88. The van der Waals surface area contributed by atoms with E-state index in [9.17, 15) is 33.4 Å². The number of hydrogen-bond donors (Lipinski definition) is 2. The summed E-state index contributed by atoms with van der Waals surface area (Å²) in [5.41, 5.74) is -0.134. The molecule has 0 unspecified atom stereocenters. The Kier molecular flexibility index (Phi) is 9.05. The van der Waals surface area contributed by atoms with Crippen molar-refractivity contribution in [3.63, 3.8) is 0 Å². The first-order valence-corrected chi connectivity index (χ1v) is 12.6. The van der Waals surface area contributed by atoms with Gasteiger partial charge in [0.15, 0.2) is 11.5 Å². The summed E-state index contributed by atoms with van der Waals surface area (Å²) in [4.78, 5) is 34.2. The van der Waals surface area contributed by atoms with Crippen LogP contribution >= 0.6 is 0 Å². The summed E-state index contributed by atoms with van der Waals surface area (Å²) in [5, 5.41) is 25.6. The lowest BCUT2D eigenvalue weighted by Gasteiger charge is -2.12. The molecule has 0 saturated heterocycles. The highest BCUT2D eigenvalue weighted by Gasteiger charge is 2.21. The van der Waals surface area contributed by atoms with Gasteiger partial charge in [0.25, 0.3) is 11.6 Å². The highest BCUT2D eigenvalue weighted by atomic mass is 32.2. The van der Waals surface area contributed by atoms with E-state index in [1.807, 2.05) is 0 Å². The molecule has 2 N–H and O–H groups in total. The van der Waals surface area contributed by atoms with Crippen LogP contribution in [0.2, 0.25) is 0 Å². The molecule has 206 valence electrons. The minimum absolute atomic E-state index is 0.0304. The molecule has 0 heterocycles. The second-order valence-corrected chi connectivity index (χ2v) is 9.47. The number of amides is 2. The van der Waals surface area contributed by atoms with Crippen molar-refractivity contribution in [1.29, 1.82) is 5.26 Å². The summed E-state index contributed by atoms with van der Waals surface area (Å²) in [6, 6.07) is 14.7. The lowest BCUT2D eigenvalue weighted by molar-refractivity contribution is -0.384. The van der Waals surface area contributed by atoms with E-state index in [1.165, 1.54) is 81.8 Å². The Hall–Kier alpha value is -5.42. The molecule has 2 amide bonds. The van der Waals surface area contributed by atoms with Gasteiger partial charge in [-0.2, -0.15) is 13.7 Å². The van der Waals surface area contributed by atoms with Crippen LogP contribution in [0.25, 0.3) is 6.08 Å². The van der Waals surface area contributed by atoms with Gasteiger partial charge in [0.05, 0.1) is 24.8 Å². The number of methoxy groups -OCH3 is 2. The van der Waals surface area contributed by atoms with Gasteiger partial charge in [0.1, 0.15) is 22.3 Å². The molecule has 3 aromatic rings. The number of nitro benzene ring substituents is 1. The zero-order valence-corrected chi connectivity index (χ0v) is 22.1. The van der Waals surface area contributed by atoms with Crippen molar-refractivity contribution in [3.8, 4) is 23.3 Å². The van der Waals surface area contributed by atoms with Gasteiger partial charge in [0, 0.05) is 24.7 Å². The zero-order valence-electron chi connectivity index (χ0n) is 21.3. The maximum atomic E-state index is 12.9. The number of carbonyl (C=O) groups is 2. The SMILES string of the molecule is COc1ccc([N+](=O)[O-])cc1NC(=O)/C(C#N)=C/c1ccc(OC)c(OS(=O)(=O)c2ccc(NC(C)=O)cc2)c1. The van der Waals surface area contributed by atoms with Gasteiger partial charge in [-0.1, -0.05) is 6.07 Å². The molecule has 0 aliphatic heterocycles. The van der Waals surface area contributed by atoms with E-state index in [0.29, 0.717) is 5.69 Å². The minimum atomic E-state index is -4.34. The molecule has 0 fully saturated rings. The van der Waals surface area contributed by atoms with Crippen LogP contribution in [0.15, 0.2) is 71.1 Å². The number of rotatable bonds is 10. The van der Waals surface area contributed by atoms with Crippen molar-refractivity contribution >= 4 is 45.1 Å². The number of benzene rings is 3. The van der Waals surface area contributed by atoms with Gasteiger partial charge in [-0.3, -0.25) is 19.7 Å². The molecule has 0 aliphatic rings. The third-order valence-electron chi connectivity index (χ3n) is 5.17. The van der Waals surface area contributed by atoms with Crippen LogP contribution in [0.4, 0.5) is 17.1 Å². The Balaban J connectivity index is 1.90. The molecule has 0 aromatic heterocycles. The van der Waals surface area contributed by atoms with Crippen molar-refractivity contribution in [2.24, 2.45) is 0 Å². The lowest BCUT2D eigenvalue weighted by Crippen LogP contribution is -2.14. The van der Waals surface area contributed by atoms with Crippen LogP contribution in [0, 0.1) is 21.4 Å². The molecule has 13 nitrogen and oxygen atoms in total. The molecule has 3 rings (SSSR count). The molecule has 0 atom stereocenters. The monoisotopic (exact) mass is 566 g/mol. The summed E-state index contributed by atoms with van der Waals surface area (Å²) in [6.45, 7) is 1.31. The van der Waals surface area contributed by atoms with E-state index in [4.69, 9.17) is 13.7 Å². The third-order valence-corrected chi connectivity index (χ3v) is 6.42. The topological polar surface area (TPSA) is 187 Å². The van der Waals surface area contributed by atoms with Crippen molar-refractivity contribution in [2.75, 3.05) is 24.9 Å². The minimum Gasteiger partial charge on any atom is -0.495 e. The summed E-state index contributed by atoms with van der Waals surface area (Å²) in [5.74, 6) is -1.26. The number of nitro groups is 1. The molecule has 14 heteroatoms. The van der Waals surface area contributed by atoms with E-state index in [-0.39, 0.29) is 45.0 Å². The van der Waals surface area contributed by atoms with Crippen molar-refractivity contribution in [2.45, 2.75) is 11.8 Å². The van der Waals surface area contributed by atoms with E-state index in [2.05, 4.69) is 10.6 Å². The van der Waals surface area contributed by atoms with Crippen LogP contribution in [0.1, 0.15) is 12.5 Å². The first-order chi connectivity index (χ1) is 19.0. The summed E-state index contributed by atoms with van der Waals surface area (Å²) < 4.78 is 41.3. The maximum Gasteiger partial charge on any atom is 0.339 e. The number of anilines is 2. The molecule has 3 aromatic carbocycles. The number of hydrogen-bond acceptors (Lipinski definition) is 10. The quantitative estimate of drug-likeness (QED) is 0.120. The largest absolute Gasteiger partial charge is 0.495 e. The average Bonchev–Trinajstić information content (AvgIpc) is 2.91. The van der Waals surface area contributed by atoms with Crippen molar-refractivity contribution in [3.05, 3.63) is 81.9 Å². The molecule has 0 aliphatic carbocycles. The Labute approximate surface area is 228 Å². The highest BCUT2D eigenvalue weighted by Crippen LogP contribution is 2.33. The fourth-order valence-electron chi connectivity index (χ4n) is 3.33. The number of nitrogens with zero attached hydrogens (tertiary/aromatic N) is 2. The van der Waals surface area contributed by atoms with Gasteiger partial charge >= 0.3 is 10.1 Å². The Morgan fingerprint density at radius 1 is 0.950 bits per heavy atom. The van der Waals surface area contributed by atoms with Gasteiger partial charge in [-0.05, 0) is 54.1 Å². The van der Waals surface area contributed by atoms with Crippen molar-refractivity contribution in [1.82, 2.24) is 0 Å². The summed E-state index contributed by atoms with van der Waals surface area (Å²) >= 11 is 0. The molecule has 0 radical (unpaired) electrons. The number of ether oxygens (including phenoxy) is 2.